The summed E-state index contributed by atoms with van der Waals surface area (Å²) in [7, 11) is -3.72. The van der Waals surface area contributed by atoms with Gasteiger partial charge in [-0.3, -0.25) is 4.79 Å². The van der Waals surface area contributed by atoms with Crippen LogP contribution in [-0.4, -0.2) is 18.9 Å². The monoisotopic (exact) mass is 293 g/mol. The van der Waals surface area contributed by atoms with Crippen LogP contribution in [0.1, 0.15) is 17.4 Å². The number of nitrogens with one attached hydrogen (secondary N) is 1. The van der Waals surface area contributed by atoms with E-state index in [1.807, 2.05) is 17.7 Å². The fourth-order valence-electron chi connectivity index (χ4n) is 1.82. The lowest BCUT2D eigenvalue weighted by atomic mass is 10.3. The Labute approximate surface area is 117 Å². The molecular formula is C13H15N3O3S. The van der Waals surface area contributed by atoms with Crippen LogP contribution in [0.2, 0.25) is 0 Å². The molecule has 20 heavy (non-hydrogen) atoms. The molecule has 1 heterocycles. The average Bonchev–Trinajstić information content (AvgIpc) is 2.86. The molecule has 0 aliphatic heterocycles. The zero-order chi connectivity index (χ0) is 14.8. The fraction of sp³-hybridized carbons (Fsp3) is 0.154. The average molecular weight is 293 g/mol. The Hall–Kier alpha value is -2.12. The van der Waals surface area contributed by atoms with Crippen molar-refractivity contribution in [3.8, 4) is 0 Å². The number of nitrogens with zero attached hydrogens (tertiary/aromatic N) is 1. The van der Waals surface area contributed by atoms with Gasteiger partial charge in [0, 0.05) is 18.4 Å². The van der Waals surface area contributed by atoms with Crippen molar-refractivity contribution in [1.29, 1.82) is 0 Å². The van der Waals surface area contributed by atoms with Crippen LogP contribution in [0.25, 0.3) is 0 Å². The van der Waals surface area contributed by atoms with Gasteiger partial charge >= 0.3 is 0 Å². The summed E-state index contributed by atoms with van der Waals surface area (Å²) >= 11 is 0. The predicted octanol–water partition coefficient (Wildman–Crippen LogP) is 1.41. The number of hydrogen-bond acceptors (Lipinski definition) is 3. The van der Waals surface area contributed by atoms with Gasteiger partial charge in [0.1, 0.15) is 5.69 Å². The minimum Gasteiger partial charge on any atom is -0.344 e. The molecule has 0 atom stereocenters. The molecule has 1 aromatic heterocycles. The van der Waals surface area contributed by atoms with Crippen molar-refractivity contribution in [3.05, 3.63) is 48.3 Å². The first-order chi connectivity index (χ1) is 9.41. The Kier molecular flexibility index (Phi) is 3.91. The first-order valence-electron chi connectivity index (χ1n) is 6.01. The summed E-state index contributed by atoms with van der Waals surface area (Å²) in [5, 5.41) is 7.71. The van der Waals surface area contributed by atoms with Crippen LogP contribution in [-0.2, 0) is 16.6 Å². The second-order valence-corrected chi connectivity index (χ2v) is 5.76. The molecule has 7 heteroatoms. The topological polar surface area (TPSA) is 94.2 Å². The van der Waals surface area contributed by atoms with E-state index in [0.717, 1.165) is 0 Å². The van der Waals surface area contributed by atoms with Crippen LogP contribution in [0, 0.1) is 0 Å². The Morgan fingerprint density at radius 3 is 2.45 bits per heavy atom. The molecule has 0 radical (unpaired) electrons. The molecule has 0 spiro atoms. The number of nitrogens with two attached hydrogens (primary N) is 1. The maximum Gasteiger partial charge on any atom is 0.272 e. The summed E-state index contributed by atoms with van der Waals surface area (Å²) in [4.78, 5) is 12.1. The highest BCUT2D eigenvalue weighted by molar-refractivity contribution is 7.89. The van der Waals surface area contributed by atoms with Crippen molar-refractivity contribution in [2.24, 2.45) is 5.14 Å². The van der Waals surface area contributed by atoms with E-state index in [1.165, 1.54) is 24.3 Å². The summed E-state index contributed by atoms with van der Waals surface area (Å²) < 4.78 is 24.1. The smallest absolute Gasteiger partial charge is 0.272 e. The molecule has 1 aromatic carbocycles. The van der Waals surface area contributed by atoms with Crippen LogP contribution in [0.5, 0.6) is 0 Å². The van der Waals surface area contributed by atoms with Gasteiger partial charge in [0.2, 0.25) is 10.0 Å². The number of primary sulfonamides is 1. The summed E-state index contributed by atoms with van der Waals surface area (Å²) in [5.74, 6) is -0.250. The third-order valence-electron chi connectivity index (χ3n) is 2.84. The second-order valence-electron chi connectivity index (χ2n) is 4.20. The number of amides is 1. The fourth-order valence-corrected chi connectivity index (χ4v) is 2.33. The quantitative estimate of drug-likeness (QED) is 0.892. The van der Waals surface area contributed by atoms with Crippen molar-refractivity contribution in [2.75, 3.05) is 5.32 Å². The van der Waals surface area contributed by atoms with Gasteiger partial charge in [-0.1, -0.05) is 0 Å². The first-order valence-corrected chi connectivity index (χ1v) is 7.56. The summed E-state index contributed by atoms with van der Waals surface area (Å²) in [6, 6.07) is 9.21. The number of anilines is 1. The molecule has 3 N–H and O–H groups in total. The van der Waals surface area contributed by atoms with Gasteiger partial charge in [-0.25, -0.2) is 13.6 Å². The van der Waals surface area contributed by atoms with Crippen LogP contribution in [0.4, 0.5) is 5.69 Å². The molecule has 0 bridgehead atoms. The van der Waals surface area contributed by atoms with E-state index < -0.39 is 10.0 Å². The predicted molar refractivity (Wildman–Crippen MR) is 75.9 cm³/mol. The van der Waals surface area contributed by atoms with Gasteiger partial charge in [-0.2, -0.15) is 0 Å². The molecular weight excluding hydrogens is 278 g/mol. The molecule has 0 aliphatic rings. The van der Waals surface area contributed by atoms with E-state index >= 15 is 0 Å². The molecule has 106 valence electrons. The van der Waals surface area contributed by atoms with E-state index in [1.54, 1.807) is 12.1 Å². The second kappa shape index (κ2) is 5.48. The van der Waals surface area contributed by atoms with E-state index in [-0.39, 0.29) is 10.8 Å². The lowest BCUT2D eigenvalue weighted by Crippen LogP contribution is -2.16. The van der Waals surface area contributed by atoms with E-state index in [4.69, 9.17) is 5.14 Å². The zero-order valence-electron chi connectivity index (χ0n) is 10.9. The zero-order valence-corrected chi connectivity index (χ0v) is 11.7. The highest BCUT2D eigenvalue weighted by atomic mass is 32.2. The van der Waals surface area contributed by atoms with Gasteiger partial charge in [0.05, 0.1) is 4.90 Å². The summed E-state index contributed by atoms with van der Waals surface area (Å²) in [6.07, 6.45) is 1.82. The maximum atomic E-state index is 12.1. The van der Waals surface area contributed by atoms with E-state index in [9.17, 15) is 13.2 Å². The van der Waals surface area contributed by atoms with Crippen molar-refractivity contribution in [1.82, 2.24) is 4.57 Å². The lowest BCUT2D eigenvalue weighted by Gasteiger charge is -2.08. The van der Waals surface area contributed by atoms with E-state index in [0.29, 0.717) is 17.9 Å². The number of hydrogen-bond donors (Lipinski definition) is 2. The molecule has 2 aromatic rings. The molecule has 0 aliphatic carbocycles. The standard InChI is InChI=1S/C13H15N3O3S/c1-2-16-9-3-4-12(16)13(17)15-10-5-7-11(8-6-10)20(14,18)19/h3-9H,2H2,1H3,(H,15,17)(H2,14,18,19). The third-order valence-corrected chi connectivity index (χ3v) is 3.77. The van der Waals surface area contributed by atoms with Crippen molar-refractivity contribution >= 4 is 21.6 Å². The number of benzene rings is 1. The minimum absolute atomic E-state index is 0.00688. The van der Waals surface area contributed by atoms with Crippen LogP contribution in [0.15, 0.2) is 47.5 Å². The van der Waals surface area contributed by atoms with Crippen molar-refractivity contribution in [2.45, 2.75) is 18.4 Å². The first kappa shape index (κ1) is 14.3. The van der Waals surface area contributed by atoms with Gasteiger partial charge in [0.25, 0.3) is 5.91 Å². The van der Waals surface area contributed by atoms with Crippen molar-refractivity contribution < 1.29 is 13.2 Å². The third kappa shape index (κ3) is 3.06. The van der Waals surface area contributed by atoms with Crippen LogP contribution in [0.3, 0.4) is 0 Å². The van der Waals surface area contributed by atoms with Gasteiger partial charge < -0.3 is 9.88 Å². The van der Waals surface area contributed by atoms with Crippen molar-refractivity contribution in [3.63, 3.8) is 0 Å². The number of aromatic nitrogens is 1. The molecule has 0 unspecified atom stereocenters. The van der Waals surface area contributed by atoms with Gasteiger partial charge in [-0.05, 0) is 43.3 Å². The number of aryl methyl sites for hydroxylation is 1. The van der Waals surface area contributed by atoms with Gasteiger partial charge in [-0.15, -0.1) is 0 Å². The Bertz CT molecular complexity index is 718. The Morgan fingerprint density at radius 1 is 1.25 bits per heavy atom. The molecule has 1 amide bonds. The molecule has 0 fully saturated rings. The Morgan fingerprint density at radius 2 is 1.90 bits per heavy atom. The summed E-state index contributed by atoms with van der Waals surface area (Å²) in [5.41, 5.74) is 1.05. The SMILES string of the molecule is CCn1cccc1C(=O)Nc1ccc(S(N)(=O)=O)cc1. The summed E-state index contributed by atoms with van der Waals surface area (Å²) in [6.45, 7) is 2.64. The normalized spacial score (nSPS) is 11.3. The van der Waals surface area contributed by atoms with E-state index in [2.05, 4.69) is 5.32 Å². The number of carbonyl (C=O) groups is 1. The number of carbonyl (C=O) groups excluding carboxylic acids is 1. The lowest BCUT2D eigenvalue weighted by molar-refractivity contribution is 0.101. The highest BCUT2D eigenvalue weighted by Gasteiger charge is 2.11. The highest BCUT2D eigenvalue weighted by Crippen LogP contribution is 2.14. The number of rotatable bonds is 4. The molecule has 0 saturated carbocycles. The molecule has 6 nitrogen and oxygen atoms in total. The van der Waals surface area contributed by atoms with Crippen LogP contribution >= 0.6 is 0 Å². The van der Waals surface area contributed by atoms with Crippen LogP contribution < -0.4 is 10.5 Å². The number of sulfonamides is 1. The van der Waals surface area contributed by atoms with Gasteiger partial charge in [0.15, 0.2) is 0 Å². The minimum atomic E-state index is -3.72. The largest absolute Gasteiger partial charge is 0.344 e. The molecule has 0 saturated heterocycles. The maximum absolute atomic E-state index is 12.1. The Balaban J connectivity index is 2.17. The molecule has 2 rings (SSSR count).